The number of aromatic nitrogens is 3. The zero-order chi connectivity index (χ0) is 21.6. The third kappa shape index (κ3) is 4.72. The Morgan fingerprint density at radius 3 is 2.39 bits per heavy atom. The Balaban J connectivity index is 1.50. The monoisotopic (exact) mass is 414 g/mol. The van der Waals surface area contributed by atoms with Crippen LogP contribution in [0.2, 0.25) is 0 Å². The molecule has 7 heteroatoms. The summed E-state index contributed by atoms with van der Waals surface area (Å²) in [5.74, 6) is 1.10. The maximum Gasteiger partial charge on any atom is 0.336 e. The highest BCUT2D eigenvalue weighted by molar-refractivity contribution is 5.92. The molecule has 0 radical (unpaired) electrons. The maximum atomic E-state index is 12.2. The number of nitrogens with zero attached hydrogens (tertiary/aromatic N) is 3. The fourth-order valence-corrected chi connectivity index (χ4v) is 3.11. The topological polar surface area (TPSA) is 78.3 Å². The van der Waals surface area contributed by atoms with E-state index in [4.69, 9.17) is 9.47 Å². The molecule has 156 valence electrons. The Kier molecular flexibility index (Phi) is 5.93. The second kappa shape index (κ2) is 9.13. The van der Waals surface area contributed by atoms with Crippen LogP contribution in [0.5, 0.6) is 11.8 Å². The lowest BCUT2D eigenvalue weighted by molar-refractivity contribution is -0.118. The number of ether oxygens (including phenoxy) is 2. The minimum absolute atomic E-state index is 0.0660. The summed E-state index contributed by atoms with van der Waals surface area (Å²) < 4.78 is 12.4. The van der Waals surface area contributed by atoms with Gasteiger partial charge in [-0.05, 0) is 48.9 Å². The van der Waals surface area contributed by atoms with E-state index in [9.17, 15) is 4.79 Å². The maximum absolute atomic E-state index is 12.2. The number of amides is 1. The minimum atomic E-state index is -0.236. The lowest BCUT2D eigenvalue weighted by Crippen LogP contribution is -2.20. The second-order valence-corrected chi connectivity index (χ2v) is 6.85. The standard InChI is InChI=1S/C24H22N4O3/c1-17-8-6-7-11-21(17)23-26-24(30-2)27-28(23)19-14-12-18(13-15-19)25-22(29)16-31-20-9-4-3-5-10-20/h3-15H,16H2,1-2H3,(H,25,29). The number of hydrogen-bond acceptors (Lipinski definition) is 5. The largest absolute Gasteiger partial charge is 0.484 e. The van der Waals surface area contributed by atoms with Gasteiger partial charge in [0.25, 0.3) is 5.91 Å². The molecule has 1 aromatic heterocycles. The first-order valence-electron chi connectivity index (χ1n) is 9.79. The van der Waals surface area contributed by atoms with Crippen LogP contribution in [0.25, 0.3) is 17.1 Å². The highest BCUT2D eigenvalue weighted by Gasteiger charge is 2.15. The van der Waals surface area contributed by atoms with Gasteiger partial charge in [0.1, 0.15) is 5.75 Å². The number of methoxy groups -OCH3 is 1. The number of hydrogen-bond donors (Lipinski definition) is 1. The number of para-hydroxylation sites is 1. The molecule has 0 saturated carbocycles. The number of aryl methyl sites for hydroxylation is 1. The number of benzene rings is 3. The van der Waals surface area contributed by atoms with E-state index in [-0.39, 0.29) is 18.5 Å². The second-order valence-electron chi connectivity index (χ2n) is 6.85. The summed E-state index contributed by atoms with van der Waals surface area (Å²) >= 11 is 0. The van der Waals surface area contributed by atoms with Gasteiger partial charge in [0.15, 0.2) is 12.4 Å². The van der Waals surface area contributed by atoms with E-state index in [0.29, 0.717) is 17.3 Å². The third-order valence-corrected chi connectivity index (χ3v) is 4.67. The van der Waals surface area contributed by atoms with Crippen molar-refractivity contribution in [2.45, 2.75) is 6.92 Å². The van der Waals surface area contributed by atoms with Gasteiger partial charge in [-0.3, -0.25) is 4.79 Å². The first kappa shape index (κ1) is 20.2. The molecule has 1 amide bonds. The first-order chi connectivity index (χ1) is 15.1. The van der Waals surface area contributed by atoms with Crippen LogP contribution in [0.1, 0.15) is 5.56 Å². The predicted molar refractivity (Wildman–Crippen MR) is 119 cm³/mol. The minimum Gasteiger partial charge on any atom is -0.484 e. The summed E-state index contributed by atoms with van der Waals surface area (Å²) in [5, 5.41) is 7.27. The number of rotatable bonds is 7. The van der Waals surface area contributed by atoms with Gasteiger partial charge in [-0.15, -0.1) is 5.10 Å². The molecule has 31 heavy (non-hydrogen) atoms. The van der Waals surface area contributed by atoms with Crippen LogP contribution in [-0.2, 0) is 4.79 Å². The molecule has 0 bridgehead atoms. The van der Waals surface area contributed by atoms with Crippen molar-refractivity contribution in [1.29, 1.82) is 0 Å². The first-order valence-corrected chi connectivity index (χ1v) is 9.79. The van der Waals surface area contributed by atoms with Gasteiger partial charge in [0.05, 0.1) is 12.8 Å². The van der Waals surface area contributed by atoms with Gasteiger partial charge < -0.3 is 14.8 Å². The van der Waals surface area contributed by atoms with Crippen LogP contribution in [0.15, 0.2) is 78.9 Å². The SMILES string of the molecule is COc1nc(-c2ccccc2C)n(-c2ccc(NC(=O)COc3ccccc3)cc2)n1. The van der Waals surface area contributed by atoms with Gasteiger partial charge in [-0.2, -0.15) is 4.98 Å². The van der Waals surface area contributed by atoms with E-state index in [0.717, 1.165) is 16.8 Å². The smallest absolute Gasteiger partial charge is 0.336 e. The molecule has 0 fully saturated rings. The average Bonchev–Trinajstić information content (AvgIpc) is 3.23. The fraction of sp³-hybridized carbons (Fsp3) is 0.125. The highest BCUT2D eigenvalue weighted by Crippen LogP contribution is 2.26. The number of carbonyl (C=O) groups excluding carboxylic acids is 1. The number of anilines is 1. The van der Waals surface area contributed by atoms with Crippen LogP contribution in [0.3, 0.4) is 0 Å². The van der Waals surface area contributed by atoms with Crippen molar-refractivity contribution in [3.8, 4) is 28.8 Å². The summed E-state index contributed by atoms with van der Waals surface area (Å²) in [4.78, 5) is 16.7. The Morgan fingerprint density at radius 2 is 1.68 bits per heavy atom. The van der Waals surface area contributed by atoms with E-state index >= 15 is 0 Å². The predicted octanol–water partition coefficient (Wildman–Crippen LogP) is 4.27. The lowest BCUT2D eigenvalue weighted by Gasteiger charge is -2.10. The number of carbonyl (C=O) groups is 1. The van der Waals surface area contributed by atoms with Gasteiger partial charge in [-0.1, -0.05) is 42.5 Å². The van der Waals surface area contributed by atoms with Crippen molar-refractivity contribution < 1.29 is 14.3 Å². The molecule has 0 aliphatic heterocycles. The van der Waals surface area contributed by atoms with Crippen LogP contribution in [-0.4, -0.2) is 34.4 Å². The molecular weight excluding hydrogens is 392 g/mol. The van der Waals surface area contributed by atoms with E-state index in [1.54, 1.807) is 16.8 Å². The zero-order valence-corrected chi connectivity index (χ0v) is 17.3. The van der Waals surface area contributed by atoms with Crippen LogP contribution in [0.4, 0.5) is 5.69 Å². The van der Waals surface area contributed by atoms with E-state index in [1.165, 1.54) is 7.11 Å². The van der Waals surface area contributed by atoms with Crippen molar-refractivity contribution in [3.63, 3.8) is 0 Å². The molecule has 0 spiro atoms. The Hall–Kier alpha value is -4.13. The van der Waals surface area contributed by atoms with Gasteiger partial charge in [-0.25, -0.2) is 4.68 Å². The molecule has 3 aromatic carbocycles. The Morgan fingerprint density at radius 1 is 0.968 bits per heavy atom. The Labute approximate surface area is 180 Å². The molecule has 4 aromatic rings. The summed E-state index contributed by atoms with van der Waals surface area (Å²) in [6.07, 6.45) is 0. The fourth-order valence-electron chi connectivity index (χ4n) is 3.11. The quantitative estimate of drug-likeness (QED) is 0.489. The summed E-state index contributed by atoms with van der Waals surface area (Å²) in [6.45, 7) is 1.96. The molecule has 0 aliphatic rings. The zero-order valence-electron chi connectivity index (χ0n) is 17.3. The molecule has 0 atom stereocenters. The molecule has 4 rings (SSSR count). The van der Waals surface area contributed by atoms with Gasteiger partial charge >= 0.3 is 6.01 Å². The highest BCUT2D eigenvalue weighted by atomic mass is 16.5. The molecule has 0 saturated heterocycles. The molecule has 7 nitrogen and oxygen atoms in total. The van der Waals surface area contributed by atoms with Crippen molar-refractivity contribution >= 4 is 11.6 Å². The van der Waals surface area contributed by atoms with Gasteiger partial charge in [0.2, 0.25) is 0 Å². The van der Waals surface area contributed by atoms with Crippen molar-refractivity contribution in [3.05, 3.63) is 84.4 Å². The molecule has 1 heterocycles. The normalized spacial score (nSPS) is 10.5. The average molecular weight is 414 g/mol. The summed E-state index contributed by atoms with van der Waals surface area (Å²) in [5.41, 5.74) is 3.51. The summed E-state index contributed by atoms with van der Waals surface area (Å²) in [7, 11) is 1.54. The van der Waals surface area contributed by atoms with Crippen molar-refractivity contribution in [2.24, 2.45) is 0 Å². The van der Waals surface area contributed by atoms with Crippen molar-refractivity contribution in [1.82, 2.24) is 14.8 Å². The molecule has 1 N–H and O–H groups in total. The third-order valence-electron chi connectivity index (χ3n) is 4.67. The van der Waals surface area contributed by atoms with Gasteiger partial charge in [0, 0.05) is 11.3 Å². The molecular formula is C24H22N4O3. The number of nitrogens with one attached hydrogen (secondary N) is 1. The van der Waals surface area contributed by atoms with E-state index < -0.39 is 0 Å². The molecule has 0 aliphatic carbocycles. The van der Waals surface area contributed by atoms with Crippen molar-refractivity contribution in [2.75, 3.05) is 19.0 Å². The van der Waals surface area contributed by atoms with Crippen LogP contribution in [0, 0.1) is 6.92 Å². The summed E-state index contributed by atoms with van der Waals surface area (Å²) in [6, 6.07) is 24.8. The van der Waals surface area contributed by atoms with Crippen LogP contribution < -0.4 is 14.8 Å². The van der Waals surface area contributed by atoms with E-state index in [2.05, 4.69) is 15.4 Å². The van der Waals surface area contributed by atoms with E-state index in [1.807, 2.05) is 73.7 Å². The lowest BCUT2D eigenvalue weighted by atomic mass is 10.1. The van der Waals surface area contributed by atoms with Crippen LogP contribution >= 0.6 is 0 Å². The Bertz CT molecular complexity index is 1170. The molecule has 0 unspecified atom stereocenters.